The molecule has 0 aliphatic heterocycles. The van der Waals surface area contributed by atoms with Crippen molar-refractivity contribution in [3.05, 3.63) is 36.4 Å². The van der Waals surface area contributed by atoms with Gasteiger partial charge in [-0.25, -0.2) is 0 Å². The Morgan fingerprint density at radius 2 is 2.05 bits per heavy atom. The van der Waals surface area contributed by atoms with Crippen molar-refractivity contribution >= 4 is 24.0 Å². The van der Waals surface area contributed by atoms with Gasteiger partial charge in [-0.2, -0.15) is 0 Å². The molecule has 0 aromatic heterocycles. The Morgan fingerprint density at radius 3 is 2.58 bits per heavy atom. The highest BCUT2D eigenvalue weighted by Crippen LogP contribution is 2.23. The summed E-state index contributed by atoms with van der Waals surface area (Å²) in [5, 5.41) is 0. The molecule has 1 amide bonds. The van der Waals surface area contributed by atoms with Gasteiger partial charge in [0, 0.05) is 18.8 Å². The summed E-state index contributed by atoms with van der Waals surface area (Å²) in [7, 11) is 0. The molecule has 0 saturated heterocycles. The number of hydrogen-bond acceptors (Lipinski definition) is 3. The molecule has 0 fully saturated rings. The molecule has 1 aromatic carbocycles. The SMILES string of the molecule is C=CCOc1ccc(N)cc1C(=O)N(CC)CC.Cl. The average molecular weight is 285 g/mol. The number of nitrogen functional groups attached to an aromatic ring is 1. The number of nitrogens with zero attached hydrogens (tertiary/aromatic N) is 1. The third-order valence-electron chi connectivity index (χ3n) is 2.64. The minimum Gasteiger partial charge on any atom is -0.489 e. The summed E-state index contributed by atoms with van der Waals surface area (Å²) in [5.41, 5.74) is 6.78. The summed E-state index contributed by atoms with van der Waals surface area (Å²) in [6.45, 7) is 9.15. The van der Waals surface area contributed by atoms with Crippen molar-refractivity contribution in [2.45, 2.75) is 13.8 Å². The van der Waals surface area contributed by atoms with Gasteiger partial charge in [-0.05, 0) is 32.0 Å². The van der Waals surface area contributed by atoms with Crippen LogP contribution in [0.25, 0.3) is 0 Å². The number of carbonyl (C=O) groups is 1. The summed E-state index contributed by atoms with van der Waals surface area (Å²) >= 11 is 0. The molecule has 0 spiro atoms. The normalized spacial score (nSPS) is 9.37. The van der Waals surface area contributed by atoms with Crippen molar-refractivity contribution in [2.75, 3.05) is 25.4 Å². The molecule has 2 N–H and O–H groups in total. The minimum absolute atomic E-state index is 0. The van der Waals surface area contributed by atoms with Gasteiger partial charge in [0.2, 0.25) is 0 Å². The van der Waals surface area contributed by atoms with E-state index in [4.69, 9.17) is 10.5 Å². The topological polar surface area (TPSA) is 55.6 Å². The first-order valence-electron chi connectivity index (χ1n) is 6.06. The minimum atomic E-state index is -0.0636. The highest BCUT2D eigenvalue weighted by molar-refractivity contribution is 5.97. The molecule has 0 aliphatic carbocycles. The van der Waals surface area contributed by atoms with E-state index in [1.54, 1.807) is 29.2 Å². The summed E-state index contributed by atoms with van der Waals surface area (Å²) in [4.78, 5) is 14.0. The second-order valence-corrected chi connectivity index (χ2v) is 3.83. The maximum absolute atomic E-state index is 12.3. The van der Waals surface area contributed by atoms with Crippen LogP contribution in [-0.2, 0) is 0 Å². The lowest BCUT2D eigenvalue weighted by Gasteiger charge is -2.20. The van der Waals surface area contributed by atoms with Gasteiger partial charge in [0.25, 0.3) is 5.91 Å². The number of ether oxygens (including phenoxy) is 1. The van der Waals surface area contributed by atoms with E-state index >= 15 is 0 Å². The Balaban J connectivity index is 0.00000324. The molecule has 1 rings (SSSR count). The van der Waals surface area contributed by atoms with E-state index < -0.39 is 0 Å². The van der Waals surface area contributed by atoms with Crippen LogP contribution in [0, 0.1) is 0 Å². The molecule has 1 aromatic rings. The van der Waals surface area contributed by atoms with E-state index in [2.05, 4.69) is 6.58 Å². The molecule has 0 bridgehead atoms. The van der Waals surface area contributed by atoms with Crippen molar-refractivity contribution in [2.24, 2.45) is 0 Å². The number of benzene rings is 1. The van der Waals surface area contributed by atoms with Crippen LogP contribution in [0.4, 0.5) is 5.69 Å². The zero-order valence-corrected chi connectivity index (χ0v) is 12.2. The van der Waals surface area contributed by atoms with E-state index in [9.17, 15) is 4.79 Å². The Labute approximate surface area is 120 Å². The van der Waals surface area contributed by atoms with E-state index in [1.165, 1.54) is 0 Å². The fourth-order valence-corrected chi connectivity index (χ4v) is 1.67. The molecular weight excluding hydrogens is 264 g/mol. The summed E-state index contributed by atoms with van der Waals surface area (Å²) in [6, 6.07) is 5.09. The molecule has 5 heteroatoms. The Morgan fingerprint density at radius 1 is 1.42 bits per heavy atom. The molecule has 4 nitrogen and oxygen atoms in total. The number of hydrogen-bond donors (Lipinski definition) is 1. The third kappa shape index (κ3) is 4.48. The number of halogens is 1. The predicted octanol–water partition coefficient (Wildman–Crippen LogP) is 2.74. The van der Waals surface area contributed by atoms with Crippen LogP contribution in [0.1, 0.15) is 24.2 Å². The zero-order valence-electron chi connectivity index (χ0n) is 11.4. The van der Waals surface area contributed by atoms with Gasteiger partial charge in [0.05, 0.1) is 5.56 Å². The fourth-order valence-electron chi connectivity index (χ4n) is 1.67. The standard InChI is InChI=1S/C14H20N2O2.ClH/c1-4-9-18-13-8-7-11(15)10-12(13)14(17)16(5-2)6-3;/h4,7-8,10H,1,5-6,9,15H2,2-3H3;1H. The maximum Gasteiger partial charge on any atom is 0.257 e. The summed E-state index contributed by atoms with van der Waals surface area (Å²) in [5.74, 6) is 0.479. The maximum atomic E-state index is 12.3. The smallest absolute Gasteiger partial charge is 0.257 e. The molecule has 106 valence electrons. The molecule has 0 aliphatic rings. The largest absolute Gasteiger partial charge is 0.489 e. The first kappa shape index (κ1) is 17.3. The van der Waals surface area contributed by atoms with Crippen molar-refractivity contribution < 1.29 is 9.53 Å². The fraction of sp³-hybridized carbons (Fsp3) is 0.357. The number of amides is 1. The number of rotatable bonds is 6. The third-order valence-corrected chi connectivity index (χ3v) is 2.64. The number of nitrogens with two attached hydrogens (primary N) is 1. The molecular formula is C14H21ClN2O2. The Bertz CT molecular complexity index is 431. The van der Waals surface area contributed by atoms with E-state index in [-0.39, 0.29) is 18.3 Å². The van der Waals surface area contributed by atoms with Crippen molar-refractivity contribution in [3.8, 4) is 5.75 Å². The highest BCUT2D eigenvalue weighted by Gasteiger charge is 2.17. The number of anilines is 1. The second kappa shape index (κ2) is 8.43. The molecule has 0 heterocycles. The quantitative estimate of drug-likeness (QED) is 0.645. The van der Waals surface area contributed by atoms with Crippen LogP contribution in [0.3, 0.4) is 0 Å². The first-order chi connectivity index (χ1) is 8.63. The van der Waals surface area contributed by atoms with E-state index in [1.807, 2.05) is 13.8 Å². The summed E-state index contributed by atoms with van der Waals surface area (Å²) in [6.07, 6.45) is 1.64. The van der Waals surface area contributed by atoms with Gasteiger partial charge >= 0.3 is 0 Å². The molecule has 0 atom stereocenters. The lowest BCUT2D eigenvalue weighted by molar-refractivity contribution is 0.0769. The van der Waals surface area contributed by atoms with Crippen LogP contribution in [-0.4, -0.2) is 30.5 Å². The number of carbonyl (C=O) groups excluding carboxylic acids is 1. The molecule has 0 unspecified atom stereocenters. The van der Waals surface area contributed by atoms with Gasteiger partial charge in [-0.1, -0.05) is 12.7 Å². The molecule has 19 heavy (non-hydrogen) atoms. The predicted molar refractivity (Wildman–Crippen MR) is 81.0 cm³/mol. The monoisotopic (exact) mass is 284 g/mol. The van der Waals surface area contributed by atoms with Crippen molar-refractivity contribution in [3.63, 3.8) is 0 Å². The molecule has 0 radical (unpaired) electrons. The van der Waals surface area contributed by atoms with Gasteiger partial charge in [0.1, 0.15) is 12.4 Å². The van der Waals surface area contributed by atoms with Crippen LogP contribution in [0.5, 0.6) is 5.75 Å². The van der Waals surface area contributed by atoms with Gasteiger partial charge in [-0.3, -0.25) is 4.79 Å². The van der Waals surface area contributed by atoms with E-state index in [0.29, 0.717) is 36.7 Å². The lowest BCUT2D eigenvalue weighted by Crippen LogP contribution is -2.30. The zero-order chi connectivity index (χ0) is 13.5. The van der Waals surface area contributed by atoms with Crippen LogP contribution in [0.15, 0.2) is 30.9 Å². The Hall–Kier alpha value is -1.68. The lowest BCUT2D eigenvalue weighted by atomic mass is 10.1. The van der Waals surface area contributed by atoms with Crippen LogP contribution in [0.2, 0.25) is 0 Å². The highest BCUT2D eigenvalue weighted by atomic mass is 35.5. The van der Waals surface area contributed by atoms with Crippen molar-refractivity contribution in [1.29, 1.82) is 0 Å². The van der Waals surface area contributed by atoms with Gasteiger partial charge in [0.15, 0.2) is 0 Å². The first-order valence-corrected chi connectivity index (χ1v) is 6.06. The Kier molecular flexibility index (Phi) is 7.68. The van der Waals surface area contributed by atoms with Crippen LogP contribution >= 0.6 is 12.4 Å². The average Bonchev–Trinajstić information content (AvgIpc) is 2.38. The van der Waals surface area contributed by atoms with Gasteiger partial charge in [-0.15, -0.1) is 12.4 Å². The van der Waals surface area contributed by atoms with E-state index in [0.717, 1.165) is 0 Å². The summed E-state index contributed by atoms with van der Waals surface area (Å²) < 4.78 is 5.48. The second-order valence-electron chi connectivity index (χ2n) is 3.83. The van der Waals surface area contributed by atoms with Crippen LogP contribution < -0.4 is 10.5 Å². The van der Waals surface area contributed by atoms with Crippen molar-refractivity contribution in [1.82, 2.24) is 4.90 Å². The van der Waals surface area contributed by atoms with Gasteiger partial charge < -0.3 is 15.4 Å². The molecule has 0 saturated carbocycles.